The summed E-state index contributed by atoms with van der Waals surface area (Å²) in [6, 6.07) is 19.0. The van der Waals surface area contributed by atoms with Crippen LogP contribution >= 0.6 is 0 Å². The lowest BCUT2D eigenvalue weighted by Crippen LogP contribution is -2.23. The average molecular weight is 270 g/mol. The number of esters is 1. The molecule has 20 heavy (non-hydrogen) atoms. The van der Waals surface area contributed by atoms with Gasteiger partial charge in [-0.2, -0.15) is 0 Å². The van der Waals surface area contributed by atoms with Crippen LogP contribution in [0.3, 0.4) is 0 Å². The molecule has 0 bridgehead atoms. The largest absolute Gasteiger partial charge is 0.490 e. The molecule has 2 aromatic carbocycles. The molecule has 3 heteroatoms. The fourth-order valence-electron chi connectivity index (χ4n) is 1.79. The maximum Gasteiger partial charge on any atom is 0.310 e. The third kappa shape index (κ3) is 4.76. The van der Waals surface area contributed by atoms with Crippen LogP contribution in [0.5, 0.6) is 5.75 Å². The van der Waals surface area contributed by atoms with Crippen molar-refractivity contribution >= 4 is 5.97 Å². The number of rotatable bonds is 6. The maximum atomic E-state index is 11.8. The summed E-state index contributed by atoms with van der Waals surface area (Å²) in [4.78, 5) is 11.8. The van der Waals surface area contributed by atoms with Gasteiger partial charge in [0, 0.05) is 0 Å². The van der Waals surface area contributed by atoms with Crippen LogP contribution in [0, 0.1) is 0 Å². The van der Waals surface area contributed by atoms with Crippen molar-refractivity contribution in [3.05, 3.63) is 66.2 Å². The number of carbonyl (C=O) groups excluding carboxylic acids is 1. The van der Waals surface area contributed by atoms with Gasteiger partial charge >= 0.3 is 5.97 Å². The SMILES string of the molecule is C[C@H](COc1ccccc1)OC(=O)Cc1ccccc1. The van der Waals surface area contributed by atoms with Crippen molar-refractivity contribution in [2.24, 2.45) is 0 Å². The number of hydrogen-bond donors (Lipinski definition) is 0. The van der Waals surface area contributed by atoms with E-state index in [4.69, 9.17) is 9.47 Å². The van der Waals surface area contributed by atoms with Crippen LogP contribution in [0.2, 0.25) is 0 Å². The van der Waals surface area contributed by atoms with Crippen molar-refractivity contribution < 1.29 is 14.3 Å². The molecule has 0 heterocycles. The smallest absolute Gasteiger partial charge is 0.310 e. The van der Waals surface area contributed by atoms with Crippen molar-refractivity contribution in [1.82, 2.24) is 0 Å². The predicted molar refractivity (Wildman–Crippen MR) is 77.6 cm³/mol. The Labute approximate surface area is 119 Å². The maximum absolute atomic E-state index is 11.8. The first-order valence-corrected chi connectivity index (χ1v) is 6.65. The van der Waals surface area contributed by atoms with Gasteiger partial charge in [0.2, 0.25) is 0 Å². The molecule has 0 saturated heterocycles. The molecular formula is C17H18O3. The van der Waals surface area contributed by atoms with Gasteiger partial charge in [-0.3, -0.25) is 4.79 Å². The molecule has 0 aliphatic rings. The van der Waals surface area contributed by atoms with E-state index in [1.54, 1.807) is 0 Å². The van der Waals surface area contributed by atoms with Crippen molar-refractivity contribution in [3.8, 4) is 5.75 Å². The number of para-hydroxylation sites is 1. The highest BCUT2D eigenvalue weighted by atomic mass is 16.6. The van der Waals surface area contributed by atoms with Crippen LogP contribution in [0.1, 0.15) is 12.5 Å². The molecular weight excluding hydrogens is 252 g/mol. The van der Waals surface area contributed by atoms with E-state index in [0.717, 1.165) is 11.3 Å². The zero-order chi connectivity index (χ0) is 14.2. The fourth-order valence-corrected chi connectivity index (χ4v) is 1.79. The number of carbonyl (C=O) groups is 1. The first kappa shape index (κ1) is 14.1. The van der Waals surface area contributed by atoms with Gasteiger partial charge in [-0.15, -0.1) is 0 Å². The molecule has 0 amide bonds. The zero-order valence-corrected chi connectivity index (χ0v) is 11.5. The van der Waals surface area contributed by atoms with E-state index in [-0.39, 0.29) is 18.5 Å². The molecule has 2 rings (SSSR count). The Morgan fingerprint density at radius 1 is 1.00 bits per heavy atom. The van der Waals surface area contributed by atoms with Gasteiger partial charge in [0.25, 0.3) is 0 Å². The lowest BCUT2D eigenvalue weighted by Gasteiger charge is -2.14. The second-order valence-corrected chi connectivity index (χ2v) is 4.59. The van der Waals surface area contributed by atoms with Crippen LogP contribution in [-0.2, 0) is 16.0 Å². The second-order valence-electron chi connectivity index (χ2n) is 4.59. The molecule has 0 aromatic heterocycles. The first-order chi connectivity index (χ1) is 9.74. The summed E-state index contributed by atoms with van der Waals surface area (Å²) in [6.45, 7) is 2.18. The standard InChI is InChI=1S/C17H18O3/c1-14(13-19-16-10-6-3-7-11-16)20-17(18)12-15-8-4-2-5-9-15/h2-11,14H,12-13H2,1H3/t14-/m1/s1. The minimum atomic E-state index is -0.272. The van der Waals surface area contributed by atoms with Gasteiger partial charge in [0.1, 0.15) is 18.5 Å². The van der Waals surface area contributed by atoms with Gasteiger partial charge in [0.15, 0.2) is 0 Å². The Bertz CT molecular complexity index is 522. The van der Waals surface area contributed by atoms with Gasteiger partial charge < -0.3 is 9.47 Å². The second kappa shape index (κ2) is 7.34. The first-order valence-electron chi connectivity index (χ1n) is 6.65. The highest BCUT2D eigenvalue weighted by Crippen LogP contribution is 2.09. The minimum absolute atomic E-state index is 0.236. The third-order valence-corrected chi connectivity index (χ3v) is 2.75. The van der Waals surface area contributed by atoms with E-state index >= 15 is 0 Å². The number of hydrogen-bond acceptors (Lipinski definition) is 3. The highest BCUT2D eigenvalue weighted by Gasteiger charge is 2.10. The van der Waals surface area contributed by atoms with Crippen LogP contribution in [0.15, 0.2) is 60.7 Å². The Kier molecular flexibility index (Phi) is 5.18. The fraction of sp³-hybridized carbons (Fsp3) is 0.235. The Hall–Kier alpha value is -2.29. The zero-order valence-electron chi connectivity index (χ0n) is 11.5. The molecule has 0 unspecified atom stereocenters. The molecule has 0 N–H and O–H groups in total. The summed E-state index contributed by atoms with van der Waals surface area (Å²) in [7, 11) is 0. The van der Waals surface area contributed by atoms with Gasteiger partial charge in [0.05, 0.1) is 6.42 Å². The monoisotopic (exact) mass is 270 g/mol. The molecule has 0 spiro atoms. The van der Waals surface area contributed by atoms with E-state index in [9.17, 15) is 4.79 Å². The molecule has 1 atom stereocenters. The molecule has 104 valence electrons. The molecule has 3 nitrogen and oxygen atoms in total. The van der Waals surface area contributed by atoms with Crippen molar-refractivity contribution in [3.63, 3.8) is 0 Å². The topological polar surface area (TPSA) is 35.5 Å². The molecule has 0 fully saturated rings. The van der Waals surface area contributed by atoms with Crippen molar-refractivity contribution in [2.75, 3.05) is 6.61 Å². The Morgan fingerprint density at radius 2 is 1.60 bits per heavy atom. The number of benzene rings is 2. The molecule has 0 saturated carbocycles. The molecule has 0 aliphatic carbocycles. The van der Waals surface area contributed by atoms with E-state index in [2.05, 4.69) is 0 Å². The third-order valence-electron chi connectivity index (χ3n) is 2.75. The Morgan fingerprint density at radius 3 is 2.25 bits per heavy atom. The highest BCUT2D eigenvalue weighted by molar-refractivity contribution is 5.72. The van der Waals surface area contributed by atoms with Crippen molar-refractivity contribution in [1.29, 1.82) is 0 Å². The van der Waals surface area contributed by atoms with Crippen LogP contribution in [0.4, 0.5) is 0 Å². The van der Waals surface area contributed by atoms with E-state index in [0.29, 0.717) is 6.61 Å². The van der Waals surface area contributed by atoms with E-state index < -0.39 is 0 Å². The number of ether oxygens (including phenoxy) is 2. The molecule has 0 radical (unpaired) electrons. The van der Waals surface area contributed by atoms with Gasteiger partial charge in [-0.25, -0.2) is 0 Å². The van der Waals surface area contributed by atoms with E-state index in [1.165, 1.54) is 0 Å². The summed E-state index contributed by atoms with van der Waals surface area (Å²) in [5, 5.41) is 0. The summed E-state index contributed by atoms with van der Waals surface area (Å²) in [5.74, 6) is 0.541. The summed E-state index contributed by atoms with van der Waals surface area (Å²) >= 11 is 0. The van der Waals surface area contributed by atoms with Gasteiger partial charge in [-0.1, -0.05) is 48.5 Å². The van der Waals surface area contributed by atoms with Gasteiger partial charge in [-0.05, 0) is 24.6 Å². The lowest BCUT2D eigenvalue weighted by molar-refractivity contribution is -0.148. The lowest BCUT2D eigenvalue weighted by atomic mass is 10.1. The molecule has 0 aliphatic heterocycles. The normalized spacial score (nSPS) is 11.7. The minimum Gasteiger partial charge on any atom is -0.490 e. The Balaban J connectivity index is 1.74. The van der Waals surface area contributed by atoms with Crippen LogP contribution in [0.25, 0.3) is 0 Å². The average Bonchev–Trinajstić information content (AvgIpc) is 2.47. The van der Waals surface area contributed by atoms with Crippen LogP contribution in [-0.4, -0.2) is 18.7 Å². The molecule has 2 aromatic rings. The van der Waals surface area contributed by atoms with E-state index in [1.807, 2.05) is 67.6 Å². The quantitative estimate of drug-likeness (QED) is 0.756. The summed E-state index contributed by atoms with van der Waals surface area (Å²) in [5.41, 5.74) is 0.952. The van der Waals surface area contributed by atoms with Crippen molar-refractivity contribution in [2.45, 2.75) is 19.4 Å². The summed E-state index contributed by atoms with van der Waals surface area (Å²) < 4.78 is 10.9. The van der Waals surface area contributed by atoms with Crippen LogP contribution < -0.4 is 4.74 Å². The summed E-state index contributed by atoms with van der Waals surface area (Å²) in [6.07, 6.45) is 0.0164. The predicted octanol–water partition coefficient (Wildman–Crippen LogP) is 3.24.